The molecule has 0 unspecified atom stereocenters. The van der Waals surface area contributed by atoms with Crippen LogP contribution < -0.4 is 21.2 Å². The van der Waals surface area contributed by atoms with Crippen LogP contribution in [0.15, 0.2) is 121 Å². The first-order chi connectivity index (χ1) is 19.9. The predicted molar refractivity (Wildman–Crippen MR) is 171 cm³/mol. The van der Waals surface area contributed by atoms with Crippen LogP contribution in [0.2, 0.25) is 0 Å². The van der Waals surface area contributed by atoms with Gasteiger partial charge in [0.1, 0.15) is 0 Å². The summed E-state index contributed by atoms with van der Waals surface area (Å²) in [6, 6.07) is 43.1. The van der Waals surface area contributed by atoms with E-state index in [0.717, 1.165) is 0 Å². The molecule has 0 atom stereocenters. The molecule has 10 radical (unpaired) electrons. The van der Waals surface area contributed by atoms with Crippen molar-refractivity contribution < 1.29 is 57.0 Å². The van der Waals surface area contributed by atoms with Crippen molar-refractivity contribution in [3.63, 3.8) is 0 Å². The van der Waals surface area contributed by atoms with Crippen LogP contribution in [0.25, 0.3) is 0 Å². The van der Waals surface area contributed by atoms with E-state index in [0.29, 0.717) is 0 Å². The summed E-state index contributed by atoms with van der Waals surface area (Å²) in [5, 5.41) is 5.63. The molecular weight excluding hydrogens is 991 g/mol. The van der Waals surface area contributed by atoms with Gasteiger partial charge in [-0.3, -0.25) is 0 Å². The minimum atomic E-state index is -0.409. The molecule has 0 nitrogen and oxygen atoms in total. The predicted octanol–water partition coefficient (Wildman–Crippen LogP) is 8.34. The average molecular weight is 1020 g/mol. The number of hydrogen-bond acceptors (Lipinski definition) is 0. The standard InChI is InChI=1S/2C17H14P.2Au.2ClH.Fe/c2*1-3-9-15(10-4-1)18(17-13-7-8-14-17)16-11-5-2-6-12-16;;;;;/h2*1-14H;;;2*1H;/q;;2*+1;;;+2/p-2. The Balaban J connectivity index is 0.000000251. The molecule has 4 aromatic rings. The van der Waals surface area contributed by atoms with Gasteiger partial charge in [0.2, 0.25) is 0 Å². The van der Waals surface area contributed by atoms with E-state index in [-0.39, 0.29) is 17.1 Å². The van der Waals surface area contributed by atoms with E-state index in [1.165, 1.54) is 32.5 Å². The molecule has 41 heavy (non-hydrogen) atoms. The zero-order chi connectivity index (χ0) is 28.4. The molecule has 0 aliphatic heterocycles. The third kappa shape index (κ3) is 12.0. The summed E-state index contributed by atoms with van der Waals surface area (Å²) >= 11 is 3.50. The van der Waals surface area contributed by atoms with Crippen molar-refractivity contribution in [2.45, 2.75) is 0 Å². The Morgan fingerprint density at radius 3 is 0.732 bits per heavy atom. The number of halogens is 2. The molecule has 216 valence electrons. The van der Waals surface area contributed by atoms with Crippen LogP contribution in [-0.4, -0.2) is 0 Å². The number of rotatable bonds is 6. The summed E-state index contributed by atoms with van der Waals surface area (Å²) in [5.41, 5.74) is 2.84. The Morgan fingerprint density at radius 1 is 0.341 bits per heavy atom. The third-order valence-electron chi connectivity index (χ3n) is 5.86. The molecule has 6 rings (SSSR count). The van der Waals surface area contributed by atoms with Crippen LogP contribution in [0.3, 0.4) is 0 Å². The number of hydrogen-bond donors (Lipinski definition) is 0. The van der Waals surface area contributed by atoms with Crippen LogP contribution in [-0.2, 0) is 57.0 Å². The van der Waals surface area contributed by atoms with E-state index >= 15 is 0 Å². The second-order valence-electron chi connectivity index (χ2n) is 8.30. The van der Waals surface area contributed by atoms with E-state index in [1.807, 2.05) is 0 Å². The first kappa shape index (κ1) is 37.5. The Hall–Kier alpha value is 0.320. The fourth-order valence-electron chi connectivity index (χ4n) is 4.23. The summed E-state index contributed by atoms with van der Waals surface area (Å²) in [5.74, 6) is 0. The Bertz CT molecular complexity index is 988. The summed E-state index contributed by atoms with van der Waals surface area (Å²) in [4.78, 5) is 0. The summed E-state index contributed by atoms with van der Waals surface area (Å²) in [6.45, 7) is 0. The van der Waals surface area contributed by atoms with Crippen LogP contribution in [0.5, 0.6) is 0 Å². The molecule has 0 bridgehead atoms. The molecule has 0 saturated heterocycles. The van der Waals surface area contributed by atoms with Gasteiger partial charge in [-0.05, 0) is 88.4 Å². The fraction of sp³-hybridized carbons (Fsp3) is 0. The molecule has 0 heterocycles. The van der Waals surface area contributed by atoms with E-state index in [1.54, 1.807) is 40.0 Å². The van der Waals surface area contributed by atoms with Gasteiger partial charge in [0.15, 0.2) is 0 Å². The Kier molecular flexibility index (Phi) is 20.8. The van der Waals surface area contributed by atoms with E-state index in [9.17, 15) is 0 Å². The molecule has 2 aliphatic rings. The van der Waals surface area contributed by atoms with E-state index in [2.05, 4.69) is 191 Å². The monoisotopic (exact) mass is 1020 g/mol. The van der Waals surface area contributed by atoms with Crippen molar-refractivity contribution in [3.05, 3.63) is 184 Å². The molecule has 0 N–H and O–H groups in total. The summed E-state index contributed by atoms with van der Waals surface area (Å²) in [7, 11) is 8.35. The molecule has 2 aliphatic carbocycles. The van der Waals surface area contributed by atoms with Crippen LogP contribution in [0, 0.1) is 62.7 Å². The number of benzene rings is 4. The van der Waals surface area contributed by atoms with Crippen molar-refractivity contribution in [3.8, 4) is 0 Å². The largest absolute Gasteiger partial charge is 2.00 e. The van der Waals surface area contributed by atoms with Gasteiger partial charge in [0, 0.05) is 11.3 Å². The maximum Gasteiger partial charge on any atom is 2.00 e. The molecule has 0 spiro atoms. The molecule has 2 saturated carbocycles. The average Bonchev–Trinajstić information content (AvgIpc) is 3.78. The second kappa shape index (κ2) is 22.8. The van der Waals surface area contributed by atoms with Crippen LogP contribution >= 0.6 is 34.2 Å². The SMILES string of the molecule is [CH]1[CH][CH][C](P(c2ccccc2)c2ccccc2)[CH]1.[CH]1[CH][CH][C](P(c2ccccc2)c2ccccc2)[CH]1.[Cl][Au].[Cl][Au].[Fe+2]. The second-order valence-corrected chi connectivity index (χ2v) is 12.7. The molecule has 7 heteroatoms. The zero-order valence-corrected chi connectivity index (χ0v) is 30.5. The van der Waals surface area contributed by atoms with Gasteiger partial charge in [0.25, 0.3) is 0 Å². The van der Waals surface area contributed by atoms with Gasteiger partial charge in [-0.1, -0.05) is 121 Å². The van der Waals surface area contributed by atoms with E-state index in [4.69, 9.17) is 0 Å². The summed E-state index contributed by atoms with van der Waals surface area (Å²) in [6.07, 6.45) is 17.4. The van der Waals surface area contributed by atoms with Crippen molar-refractivity contribution in [1.82, 2.24) is 0 Å². The minimum Gasteiger partial charge on any atom is 2.00 e. The molecule has 4 aromatic carbocycles. The molecular formula is C34H28Au2Cl2FeP2+2. The third-order valence-corrected chi connectivity index (χ3v) is 10.8. The Morgan fingerprint density at radius 2 is 0.537 bits per heavy atom. The van der Waals surface area contributed by atoms with Crippen molar-refractivity contribution >= 4 is 55.4 Å². The maximum absolute atomic E-state index is 4.58. The first-order valence-corrected chi connectivity index (χ1v) is 20.4. The summed E-state index contributed by atoms with van der Waals surface area (Å²) < 4.78 is 0. The molecule has 0 amide bonds. The van der Waals surface area contributed by atoms with Gasteiger partial charge in [-0.25, -0.2) is 0 Å². The first-order valence-electron chi connectivity index (χ1n) is 12.4. The fourth-order valence-corrected chi connectivity index (χ4v) is 8.84. The van der Waals surface area contributed by atoms with Gasteiger partial charge < -0.3 is 0 Å². The van der Waals surface area contributed by atoms with E-state index < -0.39 is 15.8 Å². The van der Waals surface area contributed by atoms with Gasteiger partial charge in [-0.2, -0.15) is 0 Å². The van der Waals surface area contributed by atoms with Crippen LogP contribution in [0.4, 0.5) is 0 Å². The smallest absolute Gasteiger partial charge is 2.00 e. The van der Waals surface area contributed by atoms with Crippen molar-refractivity contribution in [2.75, 3.05) is 0 Å². The molecule has 0 aromatic heterocycles. The Labute approximate surface area is 293 Å². The van der Waals surface area contributed by atoms with Gasteiger partial charge in [-0.15, -0.1) is 0 Å². The zero-order valence-electron chi connectivity index (χ0n) is 21.8. The normalized spacial score (nSPS) is 14.6. The minimum absolute atomic E-state index is 0. The van der Waals surface area contributed by atoms with Crippen LogP contribution in [0.1, 0.15) is 0 Å². The maximum atomic E-state index is 4.58. The topological polar surface area (TPSA) is 0 Å². The van der Waals surface area contributed by atoms with Crippen molar-refractivity contribution in [1.29, 1.82) is 0 Å². The molecule has 2 fully saturated rings. The van der Waals surface area contributed by atoms with Gasteiger partial charge in [0.05, 0.1) is 0 Å². The van der Waals surface area contributed by atoms with Crippen molar-refractivity contribution in [2.24, 2.45) is 0 Å². The quantitative estimate of drug-likeness (QED) is 0.135. The van der Waals surface area contributed by atoms with Gasteiger partial charge >= 0.3 is 75.4 Å².